The van der Waals surface area contributed by atoms with Crippen molar-refractivity contribution in [2.75, 3.05) is 13.1 Å². The highest BCUT2D eigenvalue weighted by molar-refractivity contribution is 5.86. The summed E-state index contributed by atoms with van der Waals surface area (Å²) in [5, 5.41) is 0. The predicted molar refractivity (Wildman–Crippen MR) is 82.0 cm³/mol. The number of benzene rings is 1. The Bertz CT molecular complexity index is 488. The SMILES string of the molecule is CCCCN(CC(N)=O)C(=O)C(C)Oc1cccc(C)c1. The van der Waals surface area contributed by atoms with Crippen LogP contribution < -0.4 is 10.5 Å². The lowest BCUT2D eigenvalue weighted by Gasteiger charge is -2.25. The number of primary amides is 1. The van der Waals surface area contributed by atoms with Gasteiger partial charge in [0.2, 0.25) is 5.91 Å². The smallest absolute Gasteiger partial charge is 0.263 e. The molecule has 1 aromatic carbocycles. The summed E-state index contributed by atoms with van der Waals surface area (Å²) in [5.74, 6) is -0.0867. The van der Waals surface area contributed by atoms with Gasteiger partial charge >= 0.3 is 0 Å². The summed E-state index contributed by atoms with van der Waals surface area (Å²) in [5.41, 5.74) is 6.26. The molecule has 0 fully saturated rings. The zero-order chi connectivity index (χ0) is 15.8. The molecular formula is C16H24N2O3. The molecule has 1 rings (SSSR count). The maximum atomic E-state index is 12.4. The van der Waals surface area contributed by atoms with Crippen molar-refractivity contribution in [1.29, 1.82) is 0 Å². The van der Waals surface area contributed by atoms with Crippen LogP contribution >= 0.6 is 0 Å². The molecule has 0 saturated heterocycles. The first-order valence-corrected chi connectivity index (χ1v) is 7.24. The van der Waals surface area contributed by atoms with Crippen molar-refractivity contribution in [1.82, 2.24) is 4.90 Å². The Morgan fingerprint density at radius 1 is 1.38 bits per heavy atom. The van der Waals surface area contributed by atoms with Crippen LogP contribution in [0.15, 0.2) is 24.3 Å². The lowest BCUT2D eigenvalue weighted by Crippen LogP contribution is -2.45. The maximum Gasteiger partial charge on any atom is 0.263 e. The molecule has 0 spiro atoms. The van der Waals surface area contributed by atoms with Gasteiger partial charge < -0.3 is 15.4 Å². The van der Waals surface area contributed by atoms with Crippen molar-refractivity contribution in [2.45, 2.75) is 39.7 Å². The molecule has 2 amide bonds. The van der Waals surface area contributed by atoms with E-state index in [4.69, 9.17) is 10.5 Å². The highest BCUT2D eigenvalue weighted by Gasteiger charge is 2.23. The molecule has 116 valence electrons. The van der Waals surface area contributed by atoms with Crippen molar-refractivity contribution in [3.05, 3.63) is 29.8 Å². The fraction of sp³-hybridized carbons (Fsp3) is 0.500. The number of amides is 2. The minimum Gasteiger partial charge on any atom is -0.481 e. The third-order valence-electron chi connectivity index (χ3n) is 3.09. The molecule has 0 heterocycles. The highest BCUT2D eigenvalue weighted by atomic mass is 16.5. The maximum absolute atomic E-state index is 12.4. The lowest BCUT2D eigenvalue weighted by atomic mass is 10.2. The molecule has 0 saturated carbocycles. The number of ether oxygens (including phenoxy) is 1. The van der Waals surface area contributed by atoms with Gasteiger partial charge in [0.1, 0.15) is 5.75 Å². The van der Waals surface area contributed by atoms with E-state index >= 15 is 0 Å². The summed E-state index contributed by atoms with van der Waals surface area (Å²) >= 11 is 0. The van der Waals surface area contributed by atoms with E-state index in [2.05, 4.69) is 0 Å². The van der Waals surface area contributed by atoms with Crippen LogP contribution in [-0.4, -0.2) is 35.9 Å². The normalized spacial score (nSPS) is 11.8. The van der Waals surface area contributed by atoms with Gasteiger partial charge in [-0.2, -0.15) is 0 Å². The quantitative estimate of drug-likeness (QED) is 0.795. The monoisotopic (exact) mass is 292 g/mol. The van der Waals surface area contributed by atoms with E-state index in [1.165, 1.54) is 4.90 Å². The molecule has 5 nitrogen and oxygen atoms in total. The van der Waals surface area contributed by atoms with Crippen molar-refractivity contribution in [3.63, 3.8) is 0 Å². The van der Waals surface area contributed by atoms with E-state index in [9.17, 15) is 9.59 Å². The van der Waals surface area contributed by atoms with E-state index in [-0.39, 0.29) is 12.5 Å². The van der Waals surface area contributed by atoms with Crippen molar-refractivity contribution in [2.24, 2.45) is 5.73 Å². The molecule has 21 heavy (non-hydrogen) atoms. The number of rotatable bonds is 8. The van der Waals surface area contributed by atoms with Crippen LogP contribution in [0, 0.1) is 6.92 Å². The number of hydrogen-bond acceptors (Lipinski definition) is 3. The van der Waals surface area contributed by atoms with E-state index in [0.29, 0.717) is 12.3 Å². The van der Waals surface area contributed by atoms with Gasteiger partial charge in [0.15, 0.2) is 6.10 Å². The Morgan fingerprint density at radius 2 is 2.10 bits per heavy atom. The first kappa shape index (κ1) is 17.0. The fourth-order valence-corrected chi connectivity index (χ4v) is 2.00. The van der Waals surface area contributed by atoms with Crippen molar-refractivity contribution in [3.8, 4) is 5.75 Å². The summed E-state index contributed by atoms with van der Waals surface area (Å²) in [4.78, 5) is 24.9. The summed E-state index contributed by atoms with van der Waals surface area (Å²) in [6.07, 6.45) is 1.12. The van der Waals surface area contributed by atoms with Gasteiger partial charge in [0, 0.05) is 6.54 Å². The molecule has 0 aliphatic heterocycles. The van der Waals surface area contributed by atoms with Gasteiger partial charge in [-0.3, -0.25) is 9.59 Å². The third kappa shape index (κ3) is 5.85. The van der Waals surface area contributed by atoms with Gasteiger partial charge in [-0.25, -0.2) is 0 Å². The van der Waals surface area contributed by atoms with Gasteiger partial charge in [-0.05, 0) is 38.0 Å². The molecule has 2 N–H and O–H groups in total. The number of nitrogens with two attached hydrogens (primary N) is 1. The highest BCUT2D eigenvalue weighted by Crippen LogP contribution is 2.15. The molecule has 0 bridgehead atoms. The fourth-order valence-electron chi connectivity index (χ4n) is 2.00. The molecule has 0 aliphatic rings. The zero-order valence-electron chi connectivity index (χ0n) is 13.0. The number of carbonyl (C=O) groups is 2. The molecule has 1 unspecified atom stereocenters. The topological polar surface area (TPSA) is 72.6 Å². The summed E-state index contributed by atoms with van der Waals surface area (Å²) in [7, 11) is 0. The van der Waals surface area contributed by atoms with Crippen LogP contribution in [0.3, 0.4) is 0 Å². The number of aryl methyl sites for hydroxylation is 1. The van der Waals surface area contributed by atoms with Crippen LogP contribution in [0.2, 0.25) is 0 Å². The number of hydrogen-bond donors (Lipinski definition) is 1. The van der Waals surface area contributed by atoms with Gasteiger partial charge in [0.25, 0.3) is 5.91 Å². The molecule has 0 aliphatic carbocycles. The van der Waals surface area contributed by atoms with E-state index in [1.54, 1.807) is 13.0 Å². The van der Waals surface area contributed by atoms with E-state index in [0.717, 1.165) is 18.4 Å². The second-order valence-electron chi connectivity index (χ2n) is 5.16. The van der Waals surface area contributed by atoms with Crippen LogP contribution in [0.25, 0.3) is 0 Å². The van der Waals surface area contributed by atoms with E-state index in [1.807, 2.05) is 32.0 Å². The molecule has 1 aromatic rings. The number of nitrogens with zero attached hydrogens (tertiary/aromatic N) is 1. The van der Waals surface area contributed by atoms with Gasteiger partial charge in [0.05, 0.1) is 6.54 Å². The molecular weight excluding hydrogens is 268 g/mol. The molecule has 1 atom stereocenters. The van der Waals surface area contributed by atoms with Crippen LogP contribution in [0.1, 0.15) is 32.3 Å². The van der Waals surface area contributed by atoms with Gasteiger partial charge in [-0.1, -0.05) is 25.5 Å². The summed E-state index contributed by atoms with van der Waals surface area (Å²) in [6, 6.07) is 7.51. The largest absolute Gasteiger partial charge is 0.481 e. The summed E-state index contributed by atoms with van der Waals surface area (Å²) in [6.45, 7) is 6.12. The molecule has 0 aromatic heterocycles. The predicted octanol–water partition coefficient (Wildman–Crippen LogP) is 1.88. The van der Waals surface area contributed by atoms with Crippen LogP contribution in [0.5, 0.6) is 5.75 Å². The average Bonchev–Trinajstić information content (AvgIpc) is 2.42. The first-order valence-electron chi connectivity index (χ1n) is 7.24. The van der Waals surface area contributed by atoms with E-state index < -0.39 is 12.0 Å². The lowest BCUT2D eigenvalue weighted by molar-refractivity contribution is -0.140. The zero-order valence-corrected chi connectivity index (χ0v) is 13.0. The van der Waals surface area contributed by atoms with Crippen molar-refractivity contribution < 1.29 is 14.3 Å². The molecule has 0 radical (unpaired) electrons. The average molecular weight is 292 g/mol. The first-order chi connectivity index (χ1) is 9.93. The Hall–Kier alpha value is -2.04. The Kier molecular flexibility index (Phi) is 6.72. The third-order valence-corrected chi connectivity index (χ3v) is 3.09. The summed E-state index contributed by atoms with van der Waals surface area (Å²) < 4.78 is 5.66. The van der Waals surface area contributed by atoms with Gasteiger partial charge in [-0.15, -0.1) is 0 Å². The molecule has 5 heteroatoms. The second-order valence-corrected chi connectivity index (χ2v) is 5.16. The Labute approximate surface area is 126 Å². The Balaban J connectivity index is 2.70. The minimum atomic E-state index is -0.650. The number of carbonyl (C=O) groups excluding carboxylic acids is 2. The van der Waals surface area contributed by atoms with Crippen molar-refractivity contribution >= 4 is 11.8 Å². The Morgan fingerprint density at radius 3 is 2.67 bits per heavy atom. The van der Waals surface area contributed by atoms with Crippen LogP contribution in [0.4, 0.5) is 0 Å². The standard InChI is InChI=1S/C16H24N2O3/c1-4-5-9-18(11-15(17)19)16(20)13(3)21-14-8-6-7-12(2)10-14/h6-8,10,13H,4-5,9,11H2,1-3H3,(H2,17,19). The minimum absolute atomic E-state index is 0.0691. The number of unbranched alkanes of at least 4 members (excludes halogenated alkanes) is 1. The van der Waals surface area contributed by atoms with Crippen LogP contribution in [-0.2, 0) is 9.59 Å². The second kappa shape index (κ2) is 8.29.